The van der Waals surface area contributed by atoms with E-state index in [1.807, 2.05) is 0 Å². The number of rotatable bonds is 4. The molecule has 1 N–H and O–H groups in total. The lowest BCUT2D eigenvalue weighted by molar-refractivity contribution is -0.137. The van der Waals surface area contributed by atoms with E-state index in [0.717, 1.165) is 31.5 Å². The van der Waals surface area contributed by atoms with Crippen LogP contribution in [-0.4, -0.2) is 23.7 Å². The summed E-state index contributed by atoms with van der Waals surface area (Å²) >= 11 is 0. The average molecular weight is 233 g/mol. The molecule has 2 rings (SSSR count). The summed E-state index contributed by atoms with van der Waals surface area (Å²) in [6.07, 6.45) is 3.36. The highest BCUT2D eigenvalue weighted by atomic mass is 16.4. The molecule has 0 spiro atoms. The van der Waals surface area contributed by atoms with Crippen LogP contribution in [0.1, 0.15) is 31.7 Å². The van der Waals surface area contributed by atoms with Crippen LogP contribution in [0.15, 0.2) is 24.3 Å². The molecule has 3 nitrogen and oxygen atoms in total. The maximum Gasteiger partial charge on any atom is 0.305 e. The van der Waals surface area contributed by atoms with Crippen molar-refractivity contribution in [1.82, 2.24) is 0 Å². The third kappa shape index (κ3) is 2.78. The molecule has 0 aliphatic carbocycles. The number of anilines is 1. The van der Waals surface area contributed by atoms with Crippen molar-refractivity contribution < 1.29 is 9.90 Å². The molecule has 17 heavy (non-hydrogen) atoms. The molecule has 0 radical (unpaired) electrons. The van der Waals surface area contributed by atoms with Gasteiger partial charge < -0.3 is 10.0 Å². The molecule has 3 heteroatoms. The second-order valence-corrected chi connectivity index (χ2v) is 4.61. The molecule has 92 valence electrons. The van der Waals surface area contributed by atoms with E-state index in [0.29, 0.717) is 0 Å². The smallest absolute Gasteiger partial charge is 0.305 e. The van der Waals surface area contributed by atoms with Gasteiger partial charge in [0.25, 0.3) is 0 Å². The Kier molecular flexibility index (Phi) is 3.67. The van der Waals surface area contributed by atoms with Crippen molar-refractivity contribution in [2.24, 2.45) is 0 Å². The van der Waals surface area contributed by atoms with Crippen LogP contribution in [0.2, 0.25) is 0 Å². The fourth-order valence-electron chi connectivity index (χ4n) is 2.51. The summed E-state index contributed by atoms with van der Waals surface area (Å²) in [4.78, 5) is 13.0. The van der Waals surface area contributed by atoms with Crippen LogP contribution in [0.25, 0.3) is 0 Å². The lowest BCUT2D eigenvalue weighted by Crippen LogP contribution is -2.31. The Morgan fingerprint density at radius 3 is 2.71 bits per heavy atom. The van der Waals surface area contributed by atoms with Crippen molar-refractivity contribution >= 4 is 11.7 Å². The Morgan fingerprint density at radius 1 is 1.41 bits per heavy atom. The fourth-order valence-corrected chi connectivity index (χ4v) is 2.51. The molecule has 1 fully saturated rings. The molecule has 1 aliphatic rings. The molecule has 0 saturated carbocycles. The number of benzene rings is 1. The second-order valence-electron chi connectivity index (χ2n) is 4.61. The highest BCUT2D eigenvalue weighted by Gasteiger charge is 2.26. The number of aliphatic carboxylic acids is 1. The molecule has 1 saturated heterocycles. The first-order valence-electron chi connectivity index (χ1n) is 6.28. The summed E-state index contributed by atoms with van der Waals surface area (Å²) in [6.45, 7) is 3.11. The summed E-state index contributed by atoms with van der Waals surface area (Å²) in [7, 11) is 0. The van der Waals surface area contributed by atoms with Gasteiger partial charge in [-0.25, -0.2) is 0 Å². The standard InChI is InChI=1S/C14H19NO2/c1-2-11-5-7-12(8-6-11)15-9-3-4-13(15)10-14(16)17/h5-8,13H,2-4,9-10H2,1H3,(H,16,17). The Bertz CT molecular complexity index is 386. The number of aryl methyl sites for hydroxylation is 1. The zero-order chi connectivity index (χ0) is 12.3. The van der Waals surface area contributed by atoms with Crippen LogP contribution in [0.3, 0.4) is 0 Å². The van der Waals surface area contributed by atoms with Crippen LogP contribution in [0, 0.1) is 0 Å². The van der Waals surface area contributed by atoms with Crippen molar-refractivity contribution in [2.45, 2.75) is 38.6 Å². The van der Waals surface area contributed by atoms with E-state index in [1.54, 1.807) is 0 Å². The Labute approximate surface area is 102 Å². The van der Waals surface area contributed by atoms with Crippen molar-refractivity contribution in [1.29, 1.82) is 0 Å². The van der Waals surface area contributed by atoms with Crippen molar-refractivity contribution in [2.75, 3.05) is 11.4 Å². The molecule has 1 aromatic carbocycles. The van der Waals surface area contributed by atoms with Crippen LogP contribution in [0.4, 0.5) is 5.69 Å². The third-order valence-corrected chi connectivity index (χ3v) is 3.46. The van der Waals surface area contributed by atoms with Crippen LogP contribution < -0.4 is 4.90 Å². The molecule has 0 bridgehead atoms. The maximum absolute atomic E-state index is 10.8. The van der Waals surface area contributed by atoms with Crippen LogP contribution >= 0.6 is 0 Å². The maximum atomic E-state index is 10.8. The molecular formula is C14H19NO2. The summed E-state index contributed by atoms with van der Waals surface area (Å²) in [6, 6.07) is 8.65. The highest BCUT2D eigenvalue weighted by molar-refractivity contribution is 5.68. The number of carboxylic acids is 1. The molecule has 1 heterocycles. The first-order chi connectivity index (χ1) is 8.20. The normalized spacial score (nSPS) is 19.6. The number of hydrogen-bond acceptors (Lipinski definition) is 2. The first-order valence-corrected chi connectivity index (χ1v) is 6.28. The average Bonchev–Trinajstić information content (AvgIpc) is 2.76. The van der Waals surface area contributed by atoms with Gasteiger partial charge in [0.15, 0.2) is 0 Å². The molecule has 1 unspecified atom stereocenters. The largest absolute Gasteiger partial charge is 0.481 e. The molecule has 0 amide bonds. The van der Waals surface area contributed by atoms with Gasteiger partial charge in [0, 0.05) is 18.3 Å². The Morgan fingerprint density at radius 2 is 2.12 bits per heavy atom. The molecule has 1 atom stereocenters. The van der Waals surface area contributed by atoms with E-state index in [-0.39, 0.29) is 12.5 Å². The summed E-state index contributed by atoms with van der Waals surface area (Å²) in [5, 5.41) is 8.89. The summed E-state index contributed by atoms with van der Waals surface area (Å²) in [5.41, 5.74) is 2.48. The van der Waals surface area contributed by atoms with E-state index in [2.05, 4.69) is 36.1 Å². The van der Waals surface area contributed by atoms with Gasteiger partial charge in [-0.2, -0.15) is 0 Å². The monoisotopic (exact) mass is 233 g/mol. The van der Waals surface area contributed by atoms with Gasteiger partial charge in [0.05, 0.1) is 6.42 Å². The molecule has 0 aromatic heterocycles. The van der Waals surface area contributed by atoms with Gasteiger partial charge in [-0.1, -0.05) is 19.1 Å². The van der Waals surface area contributed by atoms with Crippen LogP contribution in [-0.2, 0) is 11.2 Å². The number of carboxylic acid groups (broad SMARTS) is 1. The third-order valence-electron chi connectivity index (χ3n) is 3.46. The molecule has 1 aromatic rings. The minimum absolute atomic E-state index is 0.167. The van der Waals surface area contributed by atoms with Crippen LogP contribution in [0.5, 0.6) is 0 Å². The van der Waals surface area contributed by atoms with E-state index >= 15 is 0 Å². The topological polar surface area (TPSA) is 40.5 Å². The number of nitrogens with zero attached hydrogens (tertiary/aromatic N) is 1. The predicted molar refractivity (Wildman–Crippen MR) is 68.4 cm³/mol. The van der Waals surface area contributed by atoms with E-state index in [4.69, 9.17) is 5.11 Å². The fraction of sp³-hybridized carbons (Fsp3) is 0.500. The minimum Gasteiger partial charge on any atom is -0.481 e. The second kappa shape index (κ2) is 5.21. The lowest BCUT2D eigenvalue weighted by Gasteiger charge is -2.25. The summed E-state index contributed by atoms with van der Waals surface area (Å²) in [5.74, 6) is -0.702. The summed E-state index contributed by atoms with van der Waals surface area (Å²) < 4.78 is 0. The van der Waals surface area contributed by atoms with Gasteiger partial charge in [0.2, 0.25) is 0 Å². The SMILES string of the molecule is CCc1ccc(N2CCCC2CC(=O)O)cc1. The zero-order valence-electron chi connectivity index (χ0n) is 10.2. The number of hydrogen-bond donors (Lipinski definition) is 1. The molecular weight excluding hydrogens is 214 g/mol. The van der Waals surface area contributed by atoms with Crippen molar-refractivity contribution in [3.8, 4) is 0 Å². The van der Waals surface area contributed by atoms with Gasteiger partial charge in [-0.3, -0.25) is 4.79 Å². The van der Waals surface area contributed by atoms with Gasteiger partial charge in [-0.15, -0.1) is 0 Å². The number of carbonyl (C=O) groups is 1. The van der Waals surface area contributed by atoms with Crippen molar-refractivity contribution in [3.63, 3.8) is 0 Å². The Hall–Kier alpha value is -1.51. The van der Waals surface area contributed by atoms with E-state index < -0.39 is 5.97 Å². The highest BCUT2D eigenvalue weighted by Crippen LogP contribution is 2.27. The predicted octanol–water partition coefficient (Wildman–Crippen LogP) is 2.69. The van der Waals surface area contributed by atoms with Crippen molar-refractivity contribution in [3.05, 3.63) is 29.8 Å². The Balaban J connectivity index is 2.11. The van der Waals surface area contributed by atoms with Gasteiger partial charge >= 0.3 is 5.97 Å². The molecule has 1 aliphatic heterocycles. The zero-order valence-corrected chi connectivity index (χ0v) is 10.2. The van der Waals surface area contributed by atoms with E-state index in [1.165, 1.54) is 5.56 Å². The van der Waals surface area contributed by atoms with E-state index in [9.17, 15) is 4.79 Å². The lowest BCUT2D eigenvalue weighted by atomic mass is 10.1. The first kappa shape index (κ1) is 12.0. The van der Waals surface area contributed by atoms with Gasteiger partial charge in [-0.05, 0) is 37.0 Å². The quantitative estimate of drug-likeness (QED) is 0.869. The van der Waals surface area contributed by atoms with Gasteiger partial charge in [0.1, 0.15) is 0 Å². The minimum atomic E-state index is -0.702.